The Labute approximate surface area is 174 Å². The summed E-state index contributed by atoms with van der Waals surface area (Å²) in [4.78, 5) is 41.4. The second kappa shape index (κ2) is 9.82. The predicted molar refractivity (Wildman–Crippen MR) is 113 cm³/mol. The van der Waals surface area contributed by atoms with Crippen LogP contribution in [0.3, 0.4) is 0 Å². The molecule has 0 bridgehead atoms. The molecule has 1 aromatic carbocycles. The van der Waals surface area contributed by atoms with Crippen LogP contribution in [-0.2, 0) is 14.3 Å². The molecule has 156 valence electrons. The number of anilines is 1. The van der Waals surface area contributed by atoms with Gasteiger partial charge < -0.3 is 15.2 Å². The van der Waals surface area contributed by atoms with Gasteiger partial charge in [0.2, 0.25) is 0 Å². The molecule has 2 aliphatic rings. The van der Waals surface area contributed by atoms with E-state index in [4.69, 9.17) is 4.74 Å². The lowest BCUT2D eigenvalue weighted by atomic mass is 9.90. The Balaban J connectivity index is 1.73. The van der Waals surface area contributed by atoms with E-state index in [0.29, 0.717) is 12.3 Å². The Bertz CT molecular complexity index is 972. The van der Waals surface area contributed by atoms with Gasteiger partial charge in [-0.3, -0.25) is 9.59 Å². The summed E-state index contributed by atoms with van der Waals surface area (Å²) in [7, 11) is 0. The minimum Gasteiger partial charge on any atom is -0.510 e. The van der Waals surface area contributed by atoms with Gasteiger partial charge in [0, 0.05) is 0 Å². The number of carbonyl (C=O) groups is 3. The van der Waals surface area contributed by atoms with Gasteiger partial charge in [-0.15, -0.1) is 0 Å². The second-order valence-electron chi connectivity index (χ2n) is 7.02. The van der Waals surface area contributed by atoms with Crippen molar-refractivity contribution >= 4 is 29.2 Å². The van der Waals surface area contributed by atoms with Gasteiger partial charge in [-0.25, -0.2) is 9.79 Å². The molecule has 1 aliphatic heterocycles. The number of nitrogens with zero attached hydrogens (tertiary/aromatic N) is 1. The number of carbonyl (C=O) groups excluding carboxylic acids is 3. The van der Waals surface area contributed by atoms with Crippen LogP contribution in [0.25, 0.3) is 0 Å². The number of amides is 2. The number of aliphatic hydroxyl groups is 1. The van der Waals surface area contributed by atoms with Crippen LogP contribution in [0.1, 0.15) is 43.0 Å². The van der Waals surface area contributed by atoms with E-state index in [1.807, 2.05) is 0 Å². The van der Waals surface area contributed by atoms with Gasteiger partial charge in [-0.05, 0) is 24.6 Å². The Morgan fingerprint density at radius 3 is 2.77 bits per heavy atom. The molecule has 7 heteroatoms. The molecule has 2 N–H and O–H groups in total. The molecule has 1 heterocycles. The molecule has 1 unspecified atom stereocenters. The zero-order chi connectivity index (χ0) is 21.5. The first-order valence-electron chi connectivity index (χ1n) is 10.0. The summed E-state index contributed by atoms with van der Waals surface area (Å²) in [5.41, 5.74) is 0.312. The SMILES string of the molecule is CCCCCCOC(=O)c1ccccc1NC(=O)C1=C(O)C2C=CC=CC2=NC1=O. The highest BCUT2D eigenvalue weighted by Crippen LogP contribution is 2.27. The number of dihydropyridines is 1. The summed E-state index contributed by atoms with van der Waals surface area (Å²) in [6, 6.07) is 6.37. The average molecular weight is 408 g/mol. The summed E-state index contributed by atoms with van der Waals surface area (Å²) in [5, 5.41) is 13.0. The zero-order valence-electron chi connectivity index (χ0n) is 16.8. The van der Waals surface area contributed by atoms with Gasteiger partial charge in [-0.1, -0.05) is 56.5 Å². The van der Waals surface area contributed by atoms with Crippen molar-refractivity contribution in [1.82, 2.24) is 0 Å². The quantitative estimate of drug-likeness (QED) is 0.386. The van der Waals surface area contributed by atoms with Gasteiger partial charge in [0.25, 0.3) is 11.8 Å². The number of allylic oxidation sites excluding steroid dienone is 4. The first-order chi connectivity index (χ1) is 14.5. The second-order valence-corrected chi connectivity index (χ2v) is 7.02. The maximum Gasteiger partial charge on any atom is 0.340 e. The normalized spacial score (nSPS) is 17.4. The van der Waals surface area contributed by atoms with Crippen molar-refractivity contribution in [2.24, 2.45) is 10.9 Å². The Morgan fingerprint density at radius 2 is 1.97 bits per heavy atom. The summed E-state index contributed by atoms with van der Waals surface area (Å²) in [6.07, 6.45) is 10.6. The van der Waals surface area contributed by atoms with E-state index in [0.717, 1.165) is 25.7 Å². The van der Waals surface area contributed by atoms with Gasteiger partial charge in [-0.2, -0.15) is 0 Å². The summed E-state index contributed by atoms with van der Waals surface area (Å²) >= 11 is 0. The minimum absolute atomic E-state index is 0.175. The maximum absolute atomic E-state index is 12.8. The number of aliphatic hydroxyl groups excluding tert-OH is 1. The van der Waals surface area contributed by atoms with Crippen LogP contribution in [0, 0.1) is 5.92 Å². The van der Waals surface area contributed by atoms with E-state index < -0.39 is 29.3 Å². The average Bonchev–Trinajstić information content (AvgIpc) is 2.74. The third-order valence-corrected chi connectivity index (χ3v) is 4.85. The predicted octanol–water partition coefficient (Wildman–Crippen LogP) is 3.90. The molecule has 30 heavy (non-hydrogen) atoms. The van der Waals surface area contributed by atoms with Crippen molar-refractivity contribution in [2.75, 3.05) is 11.9 Å². The fourth-order valence-electron chi connectivity index (χ4n) is 3.25. The van der Waals surface area contributed by atoms with Crippen molar-refractivity contribution in [1.29, 1.82) is 0 Å². The lowest BCUT2D eigenvalue weighted by Gasteiger charge is -2.21. The molecule has 0 fully saturated rings. The van der Waals surface area contributed by atoms with E-state index >= 15 is 0 Å². The molecule has 0 aromatic heterocycles. The molecular weight excluding hydrogens is 384 g/mol. The first kappa shape index (κ1) is 21.2. The van der Waals surface area contributed by atoms with Crippen LogP contribution in [0.15, 0.2) is 64.9 Å². The monoisotopic (exact) mass is 408 g/mol. The number of fused-ring (bicyclic) bond motifs is 1. The molecule has 1 atom stereocenters. The number of hydrogen-bond acceptors (Lipinski definition) is 5. The summed E-state index contributed by atoms with van der Waals surface area (Å²) in [6.45, 7) is 2.40. The smallest absolute Gasteiger partial charge is 0.340 e. The van der Waals surface area contributed by atoms with Crippen LogP contribution in [0.2, 0.25) is 0 Å². The number of ether oxygens (including phenoxy) is 1. The van der Waals surface area contributed by atoms with Gasteiger partial charge in [0.1, 0.15) is 11.3 Å². The number of para-hydroxylation sites is 1. The van der Waals surface area contributed by atoms with Crippen LogP contribution >= 0.6 is 0 Å². The van der Waals surface area contributed by atoms with E-state index in [1.54, 1.807) is 36.4 Å². The van der Waals surface area contributed by atoms with Crippen LogP contribution in [-0.4, -0.2) is 35.2 Å². The van der Waals surface area contributed by atoms with Crippen molar-refractivity contribution in [3.63, 3.8) is 0 Å². The van der Waals surface area contributed by atoms with Gasteiger partial charge >= 0.3 is 5.97 Å². The number of nitrogens with one attached hydrogen (secondary N) is 1. The fraction of sp³-hybridized carbons (Fsp3) is 0.304. The Kier molecular flexibility index (Phi) is 6.95. The van der Waals surface area contributed by atoms with E-state index in [-0.39, 0.29) is 17.0 Å². The van der Waals surface area contributed by atoms with Crippen molar-refractivity contribution < 1.29 is 24.2 Å². The Hall–Kier alpha value is -3.48. The third-order valence-electron chi connectivity index (χ3n) is 4.85. The highest BCUT2D eigenvalue weighted by Gasteiger charge is 2.34. The molecule has 7 nitrogen and oxygen atoms in total. The molecule has 0 saturated carbocycles. The summed E-state index contributed by atoms with van der Waals surface area (Å²) in [5.74, 6) is -3.22. The highest BCUT2D eigenvalue weighted by atomic mass is 16.5. The van der Waals surface area contributed by atoms with Crippen LogP contribution in [0.5, 0.6) is 0 Å². The number of aliphatic imine (C=N–C) groups is 1. The van der Waals surface area contributed by atoms with E-state index in [9.17, 15) is 19.5 Å². The molecule has 3 rings (SSSR count). The van der Waals surface area contributed by atoms with Crippen molar-refractivity contribution in [2.45, 2.75) is 32.6 Å². The first-order valence-corrected chi connectivity index (χ1v) is 10.0. The molecule has 2 amide bonds. The van der Waals surface area contributed by atoms with Crippen LogP contribution < -0.4 is 5.32 Å². The number of hydrogen-bond donors (Lipinski definition) is 2. The molecule has 1 aliphatic carbocycles. The molecular formula is C23H24N2O5. The number of esters is 1. The highest BCUT2D eigenvalue weighted by molar-refractivity contribution is 6.28. The molecule has 0 radical (unpaired) electrons. The standard InChI is InChI=1S/C23H24N2O5/c1-2-3-4-9-14-30-23(29)16-11-6-8-13-18(16)25-22(28)19-20(26)15-10-5-7-12-17(15)24-21(19)27/h5-8,10-13,15,26H,2-4,9,14H2,1H3,(H,25,28). The van der Waals surface area contributed by atoms with Crippen molar-refractivity contribution in [3.8, 4) is 0 Å². The van der Waals surface area contributed by atoms with Gasteiger partial charge in [0.15, 0.2) is 0 Å². The Morgan fingerprint density at radius 1 is 1.17 bits per heavy atom. The fourth-order valence-corrected chi connectivity index (χ4v) is 3.25. The molecule has 1 aromatic rings. The topological polar surface area (TPSA) is 105 Å². The van der Waals surface area contributed by atoms with E-state index in [2.05, 4.69) is 17.2 Å². The van der Waals surface area contributed by atoms with Crippen LogP contribution in [0.4, 0.5) is 5.69 Å². The van der Waals surface area contributed by atoms with Gasteiger partial charge in [0.05, 0.1) is 29.5 Å². The molecule has 0 saturated heterocycles. The van der Waals surface area contributed by atoms with E-state index in [1.165, 1.54) is 12.1 Å². The molecule has 0 spiro atoms. The lowest BCUT2D eigenvalue weighted by Crippen LogP contribution is -2.31. The minimum atomic E-state index is -0.827. The number of unbranched alkanes of at least 4 members (excludes halogenated alkanes) is 3. The number of benzene rings is 1. The maximum atomic E-state index is 12.8. The zero-order valence-corrected chi connectivity index (χ0v) is 16.8. The number of rotatable bonds is 8. The largest absolute Gasteiger partial charge is 0.510 e. The third kappa shape index (κ3) is 4.74. The lowest BCUT2D eigenvalue weighted by molar-refractivity contribution is -0.119. The van der Waals surface area contributed by atoms with Crippen molar-refractivity contribution in [3.05, 3.63) is 65.5 Å². The summed E-state index contributed by atoms with van der Waals surface area (Å²) < 4.78 is 5.30.